The zero-order valence-electron chi connectivity index (χ0n) is 13.8. The summed E-state index contributed by atoms with van der Waals surface area (Å²) in [5.74, 6) is -14.3. The molecule has 0 saturated heterocycles. The number of benzene rings is 2. The Hall–Kier alpha value is -2.78. The van der Waals surface area contributed by atoms with Crippen molar-refractivity contribution in [1.29, 1.82) is 0 Å². The van der Waals surface area contributed by atoms with E-state index in [1.807, 2.05) is 0 Å². The maximum atomic E-state index is 13.4. The lowest BCUT2D eigenvalue weighted by atomic mass is 9.88. The van der Waals surface area contributed by atoms with Gasteiger partial charge in [0.1, 0.15) is 17.4 Å². The second-order valence-corrected chi connectivity index (χ2v) is 6.00. The maximum absolute atomic E-state index is 13.4. The summed E-state index contributed by atoms with van der Waals surface area (Å²) in [7, 11) is 0. The van der Waals surface area contributed by atoms with Crippen LogP contribution in [0, 0.1) is 0 Å². The van der Waals surface area contributed by atoms with Gasteiger partial charge in [-0.25, -0.2) is 0 Å². The van der Waals surface area contributed by atoms with E-state index in [2.05, 4.69) is 4.74 Å². The molecule has 0 unspecified atom stereocenters. The number of carbonyl (C=O) groups is 1. The van der Waals surface area contributed by atoms with Crippen molar-refractivity contribution < 1.29 is 45.0 Å². The normalized spacial score (nSPS) is 14.7. The molecule has 0 bridgehead atoms. The summed E-state index contributed by atoms with van der Waals surface area (Å²) in [6, 6.07) is 12.0. The van der Waals surface area contributed by atoms with Gasteiger partial charge in [0.25, 0.3) is 0 Å². The Labute approximate surface area is 153 Å². The van der Waals surface area contributed by atoms with E-state index in [1.165, 1.54) is 36.4 Å². The molecule has 0 radical (unpaired) electrons. The third-order valence-electron chi connectivity index (χ3n) is 4.13. The number of carbonyl (C=O) groups excluding carboxylic acids is 1. The molecule has 0 amide bonds. The van der Waals surface area contributed by atoms with Crippen LogP contribution >= 0.6 is 0 Å². The Kier molecular flexibility index (Phi) is 4.76. The molecule has 0 spiro atoms. The highest BCUT2D eigenvalue weighted by atomic mass is 19.4. The molecule has 1 aliphatic heterocycles. The molecular formula is C18H11F7O3. The number of para-hydroxylation sites is 2. The molecule has 3 rings (SSSR count). The van der Waals surface area contributed by atoms with Crippen molar-refractivity contribution in [3.63, 3.8) is 0 Å². The predicted octanol–water partition coefficient (Wildman–Crippen LogP) is 5.30. The molecule has 1 aliphatic rings. The van der Waals surface area contributed by atoms with Crippen LogP contribution in [0.25, 0.3) is 0 Å². The van der Waals surface area contributed by atoms with E-state index in [9.17, 15) is 35.5 Å². The van der Waals surface area contributed by atoms with Gasteiger partial charge in [-0.15, -0.1) is 0 Å². The van der Waals surface area contributed by atoms with E-state index in [0.717, 1.165) is 0 Å². The first-order valence-corrected chi connectivity index (χ1v) is 7.80. The van der Waals surface area contributed by atoms with E-state index in [1.54, 1.807) is 12.1 Å². The Morgan fingerprint density at radius 3 is 1.79 bits per heavy atom. The number of halogens is 7. The molecule has 2 aromatic rings. The Balaban J connectivity index is 1.88. The average molecular weight is 408 g/mol. The Bertz CT molecular complexity index is 847. The van der Waals surface area contributed by atoms with Crippen molar-refractivity contribution >= 4 is 5.97 Å². The first-order chi connectivity index (χ1) is 13.0. The zero-order chi connectivity index (χ0) is 20.7. The van der Waals surface area contributed by atoms with Gasteiger partial charge in [-0.1, -0.05) is 36.4 Å². The largest absolute Gasteiger partial charge is 0.460 e. The van der Waals surface area contributed by atoms with Gasteiger partial charge in [0.2, 0.25) is 0 Å². The van der Waals surface area contributed by atoms with Crippen LogP contribution in [0.2, 0.25) is 0 Å². The predicted molar refractivity (Wildman–Crippen MR) is 81.7 cm³/mol. The molecule has 10 heteroatoms. The molecule has 3 nitrogen and oxygen atoms in total. The lowest BCUT2D eigenvalue weighted by Gasteiger charge is -2.29. The van der Waals surface area contributed by atoms with Gasteiger partial charge < -0.3 is 9.47 Å². The maximum Gasteiger partial charge on any atom is 0.460 e. The fraction of sp³-hybridized carbons (Fsp3) is 0.278. The fourth-order valence-corrected chi connectivity index (χ4v) is 2.71. The van der Waals surface area contributed by atoms with Crippen LogP contribution in [0.3, 0.4) is 0 Å². The van der Waals surface area contributed by atoms with Crippen molar-refractivity contribution in [3.8, 4) is 11.5 Å². The standard InChI is InChI=1S/C18H11F7O3/c19-16(20,17(21,22)18(23,24)25)9-27-15(26)14-10-5-1-3-7-12(10)28-13-8-4-2-6-11(13)14/h1-8,14H,9H2. The van der Waals surface area contributed by atoms with Crippen LogP contribution in [0.1, 0.15) is 17.0 Å². The molecule has 28 heavy (non-hydrogen) atoms. The quantitative estimate of drug-likeness (QED) is 0.509. The number of esters is 1. The molecule has 0 aliphatic carbocycles. The number of hydrogen-bond donors (Lipinski definition) is 0. The van der Waals surface area contributed by atoms with Crippen molar-refractivity contribution in [1.82, 2.24) is 0 Å². The van der Waals surface area contributed by atoms with Gasteiger partial charge in [-0.2, -0.15) is 30.7 Å². The fourth-order valence-electron chi connectivity index (χ4n) is 2.71. The Morgan fingerprint density at radius 2 is 1.32 bits per heavy atom. The molecule has 0 saturated carbocycles. The monoisotopic (exact) mass is 408 g/mol. The van der Waals surface area contributed by atoms with E-state index in [-0.39, 0.29) is 22.6 Å². The molecule has 150 valence electrons. The van der Waals surface area contributed by atoms with Crippen LogP contribution in [-0.4, -0.2) is 30.6 Å². The summed E-state index contributed by atoms with van der Waals surface area (Å²) in [5.41, 5.74) is 0.411. The van der Waals surface area contributed by atoms with Gasteiger partial charge in [0.05, 0.1) is 0 Å². The molecule has 0 fully saturated rings. The van der Waals surface area contributed by atoms with Crippen molar-refractivity contribution in [2.24, 2.45) is 0 Å². The zero-order valence-corrected chi connectivity index (χ0v) is 13.8. The first kappa shape index (κ1) is 20.0. The molecule has 0 aromatic heterocycles. The van der Waals surface area contributed by atoms with Gasteiger partial charge in [0, 0.05) is 11.1 Å². The van der Waals surface area contributed by atoms with Gasteiger partial charge in [-0.05, 0) is 12.1 Å². The summed E-state index contributed by atoms with van der Waals surface area (Å²) in [4.78, 5) is 12.4. The minimum atomic E-state index is -6.50. The van der Waals surface area contributed by atoms with Gasteiger partial charge in [0.15, 0.2) is 6.61 Å². The first-order valence-electron chi connectivity index (χ1n) is 7.80. The molecule has 1 heterocycles. The van der Waals surface area contributed by atoms with Crippen molar-refractivity contribution in [2.75, 3.05) is 6.61 Å². The third kappa shape index (κ3) is 3.27. The molecule has 2 aromatic carbocycles. The topological polar surface area (TPSA) is 35.5 Å². The highest BCUT2D eigenvalue weighted by Crippen LogP contribution is 2.48. The number of ether oxygens (including phenoxy) is 2. The van der Waals surface area contributed by atoms with Crippen molar-refractivity contribution in [3.05, 3.63) is 59.7 Å². The van der Waals surface area contributed by atoms with Crippen LogP contribution in [0.5, 0.6) is 11.5 Å². The third-order valence-corrected chi connectivity index (χ3v) is 4.13. The van der Waals surface area contributed by atoms with Gasteiger partial charge >= 0.3 is 24.0 Å². The summed E-state index contributed by atoms with van der Waals surface area (Å²) in [6.45, 7) is -2.43. The highest BCUT2D eigenvalue weighted by Gasteiger charge is 2.73. The average Bonchev–Trinajstić information content (AvgIpc) is 2.63. The molecule has 0 atom stereocenters. The van der Waals surface area contributed by atoms with E-state index in [0.29, 0.717) is 0 Å². The van der Waals surface area contributed by atoms with E-state index >= 15 is 0 Å². The summed E-state index contributed by atoms with van der Waals surface area (Å²) < 4.78 is 99.3. The SMILES string of the molecule is O=C(OCC(F)(F)C(F)(F)C(F)(F)F)C1c2ccccc2Oc2ccccc21. The van der Waals surface area contributed by atoms with Crippen LogP contribution in [0.15, 0.2) is 48.5 Å². The summed E-state index contributed by atoms with van der Waals surface area (Å²) >= 11 is 0. The van der Waals surface area contributed by atoms with Crippen LogP contribution < -0.4 is 4.74 Å². The lowest BCUT2D eigenvalue weighted by Crippen LogP contribution is -2.54. The van der Waals surface area contributed by atoms with Crippen LogP contribution in [-0.2, 0) is 9.53 Å². The summed E-state index contributed by atoms with van der Waals surface area (Å²) in [5, 5.41) is 0. The van der Waals surface area contributed by atoms with Crippen molar-refractivity contribution in [2.45, 2.75) is 23.9 Å². The number of hydrogen-bond acceptors (Lipinski definition) is 3. The molecule has 0 N–H and O–H groups in total. The minimum Gasteiger partial charge on any atom is -0.458 e. The number of alkyl halides is 7. The van der Waals surface area contributed by atoms with E-state index in [4.69, 9.17) is 4.74 Å². The van der Waals surface area contributed by atoms with Gasteiger partial charge in [-0.3, -0.25) is 4.79 Å². The number of fused-ring (bicyclic) bond motifs is 2. The number of rotatable bonds is 4. The smallest absolute Gasteiger partial charge is 0.458 e. The second-order valence-electron chi connectivity index (χ2n) is 6.00. The highest BCUT2D eigenvalue weighted by molar-refractivity contribution is 5.85. The Morgan fingerprint density at radius 1 is 0.857 bits per heavy atom. The summed E-state index contributed by atoms with van der Waals surface area (Å²) in [6.07, 6.45) is -6.50. The second kappa shape index (κ2) is 6.68. The van der Waals surface area contributed by atoms with Crippen LogP contribution in [0.4, 0.5) is 30.7 Å². The molecular weight excluding hydrogens is 397 g/mol. The lowest BCUT2D eigenvalue weighted by molar-refractivity contribution is -0.359. The minimum absolute atomic E-state index is 0.204. The van der Waals surface area contributed by atoms with E-state index < -0.39 is 36.5 Å².